The van der Waals surface area contributed by atoms with Crippen molar-refractivity contribution in [1.29, 1.82) is 0 Å². The van der Waals surface area contributed by atoms with Gasteiger partial charge in [0.05, 0.1) is 21.3 Å². The Balaban J connectivity index is 2.43. The van der Waals surface area contributed by atoms with Gasteiger partial charge in [-0.1, -0.05) is 11.8 Å². The number of thioether (sulfide) groups is 1. The second kappa shape index (κ2) is 7.43. The maximum absolute atomic E-state index is 11.9. The summed E-state index contributed by atoms with van der Waals surface area (Å²) in [6, 6.07) is 3.50. The van der Waals surface area contributed by atoms with Crippen molar-refractivity contribution in [1.82, 2.24) is 10.3 Å². The van der Waals surface area contributed by atoms with Crippen LogP contribution in [0.15, 0.2) is 17.2 Å². The number of carbonyl (C=O) groups excluding carboxylic acids is 2. The smallest absolute Gasteiger partial charge is 0.241 e. The van der Waals surface area contributed by atoms with E-state index >= 15 is 0 Å². The number of amides is 2. The number of methoxy groups -OCH3 is 3. The summed E-state index contributed by atoms with van der Waals surface area (Å²) in [5.41, 5.74) is 0.730. The highest BCUT2D eigenvalue weighted by molar-refractivity contribution is 8.14. The number of nitrogens with one attached hydrogen (secondary N) is 1. The van der Waals surface area contributed by atoms with Crippen LogP contribution >= 0.6 is 11.8 Å². The van der Waals surface area contributed by atoms with E-state index in [1.165, 1.54) is 51.9 Å². The van der Waals surface area contributed by atoms with Gasteiger partial charge >= 0.3 is 0 Å². The van der Waals surface area contributed by atoms with Crippen LogP contribution in [0, 0.1) is 0 Å². The molecule has 1 aliphatic heterocycles. The Labute approximate surface area is 144 Å². The minimum atomic E-state index is -0.446. The fraction of sp³-hybridized carbons (Fsp3) is 0.400. The van der Waals surface area contributed by atoms with Gasteiger partial charge in [0, 0.05) is 13.8 Å². The molecule has 1 aromatic carbocycles. The van der Waals surface area contributed by atoms with Crippen LogP contribution in [0.1, 0.15) is 24.8 Å². The number of ether oxygens (including phenoxy) is 3. The molecular formula is C15H19N3O5S. The lowest BCUT2D eigenvalue weighted by Crippen LogP contribution is -2.25. The van der Waals surface area contributed by atoms with E-state index in [2.05, 4.69) is 10.4 Å². The van der Waals surface area contributed by atoms with Crippen LogP contribution in [0.4, 0.5) is 0 Å². The first-order valence-electron chi connectivity index (χ1n) is 7.03. The van der Waals surface area contributed by atoms with Gasteiger partial charge in [-0.2, -0.15) is 0 Å². The average molecular weight is 353 g/mol. The lowest BCUT2D eigenvalue weighted by molar-refractivity contribution is -0.129. The van der Waals surface area contributed by atoms with Crippen molar-refractivity contribution >= 4 is 28.7 Å². The highest BCUT2D eigenvalue weighted by Crippen LogP contribution is 2.45. The number of rotatable bonds is 4. The fourth-order valence-corrected chi connectivity index (χ4v) is 3.34. The Kier molecular flexibility index (Phi) is 5.55. The van der Waals surface area contributed by atoms with Gasteiger partial charge in [-0.3, -0.25) is 9.59 Å². The van der Waals surface area contributed by atoms with Crippen molar-refractivity contribution in [2.24, 2.45) is 5.10 Å². The van der Waals surface area contributed by atoms with Gasteiger partial charge in [-0.15, -0.1) is 5.10 Å². The van der Waals surface area contributed by atoms with Crippen molar-refractivity contribution in [2.75, 3.05) is 21.3 Å². The van der Waals surface area contributed by atoms with Gasteiger partial charge in [0.15, 0.2) is 16.7 Å². The van der Waals surface area contributed by atoms with Gasteiger partial charge in [0.25, 0.3) is 0 Å². The summed E-state index contributed by atoms with van der Waals surface area (Å²) in [6.07, 6.45) is 0. The lowest BCUT2D eigenvalue weighted by atomic mass is 10.1. The first kappa shape index (κ1) is 17.9. The molecule has 0 saturated heterocycles. The third-order valence-corrected chi connectivity index (χ3v) is 4.32. The van der Waals surface area contributed by atoms with Crippen LogP contribution in [0.5, 0.6) is 17.2 Å². The molecule has 1 aliphatic rings. The molecule has 0 spiro atoms. The Bertz CT molecular complexity index is 667. The molecule has 130 valence electrons. The van der Waals surface area contributed by atoms with E-state index in [4.69, 9.17) is 14.2 Å². The van der Waals surface area contributed by atoms with Crippen LogP contribution in [-0.4, -0.2) is 43.3 Å². The Hall–Kier alpha value is -2.42. The molecule has 8 nitrogen and oxygen atoms in total. The highest BCUT2D eigenvalue weighted by atomic mass is 32.2. The van der Waals surface area contributed by atoms with Crippen LogP contribution in [0.3, 0.4) is 0 Å². The molecule has 2 amide bonds. The maximum atomic E-state index is 11.9. The van der Waals surface area contributed by atoms with Gasteiger partial charge in [-0.25, -0.2) is 5.01 Å². The van der Waals surface area contributed by atoms with E-state index in [9.17, 15) is 9.59 Å². The standard InChI is InChI=1S/C15H19N3O5S/c1-8(19)16-15-17-18(9(2)20)14(24-15)10-6-11(21-3)13(23-5)12(7-10)22-4/h6-7,14H,1-5H3,(H,16,17,19)/t14-/m1/s1. The minimum absolute atomic E-state index is 0.249. The SMILES string of the molecule is COc1cc([C@H]2SC(NC(C)=O)=NN2C(C)=O)cc(OC)c1OC. The van der Waals surface area contributed by atoms with E-state index in [1.807, 2.05) is 0 Å². The van der Waals surface area contributed by atoms with E-state index in [0.29, 0.717) is 22.4 Å². The molecule has 0 saturated carbocycles. The highest BCUT2D eigenvalue weighted by Gasteiger charge is 2.33. The number of benzene rings is 1. The average Bonchev–Trinajstić information content (AvgIpc) is 2.96. The van der Waals surface area contributed by atoms with Crippen LogP contribution in [0.25, 0.3) is 0 Å². The predicted octanol–water partition coefficient (Wildman–Crippen LogP) is 1.71. The molecule has 2 rings (SSSR count). The molecule has 0 fully saturated rings. The molecule has 1 N–H and O–H groups in total. The third-order valence-electron chi connectivity index (χ3n) is 3.22. The quantitative estimate of drug-likeness (QED) is 0.886. The number of amidine groups is 1. The van der Waals surface area contributed by atoms with Crippen LogP contribution < -0.4 is 19.5 Å². The van der Waals surface area contributed by atoms with Gasteiger partial charge in [0.2, 0.25) is 17.6 Å². The molecule has 0 aromatic heterocycles. The van der Waals surface area contributed by atoms with Gasteiger partial charge in [0.1, 0.15) is 5.37 Å². The Morgan fingerprint density at radius 3 is 2.12 bits per heavy atom. The molecule has 24 heavy (non-hydrogen) atoms. The predicted molar refractivity (Wildman–Crippen MR) is 90.2 cm³/mol. The van der Waals surface area contributed by atoms with Crippen molar-refractivity contribution in [2.45, 2.75) is 19.2 Å². The topological polar surface area (TPSA) is 89.5 Å². The molecule has 0 aliphatic carbocycles. The number of hydrogen-bond donors (Lipinski definition) is 1. The maximum Gasteiger partial charge on any atom is 0.241 e. The molecular weight excluding hydrogens is 334 g/mol. The van der Waals surface area contributed by atoms with Crippen molar-refractivity contribution in [3.8, 4) is 17.2 Å². The van der Waals surface area contributed by atoms with E-state index < -0.39 is 5.37 Å². The second-order valence-corrected chi connectivity index (χ2v) is 5.95. The van der Waals surface area contributed by atoms with Gasteiger partial charge in [-0.05, 0) is 17.7 Å². The summed E-state index contributed by atoms with van der Waals surface area (Å²) in [5.74, 6) is 0.911. The zero-order valence-corrected chi connectivity index (χ0v) is 14.9. The first-order chi connectivity index (χ1) is 11.4. The fourth-order valence-electron chi connectivity index (χ4n) is 2.22. The van der Waals surface area contributed by atoms with Crippen molar-refractivity contribution in [3.05, 3.63) is 17.7 Å². The molecule has 0 unspecified atom stereocenters. The third kappa shape index (κ3) is 3.56. The molecule has 1 heterocycles. The van der Waals surface area contributed by atoms with Crippen molar-refractivity contribution in [3.63, 3.8) is 0 Å². The van der Waals surface area contributed by atoms with Gasteiger partial charge < -0.3 is 19.5 Å². The molecule has 1 atom stereocenters. The number of hydrazone groups is 1. The number of carbonyl (C=O) groups is 2. The summed E-state index contributed by atoms with van der Waals surface area (Å²) >= 11 is 1.25. The number of nitrogens with zero attached hydrogens (tertiary/aromatic N) is 2. The molecule has 0 bridgehead atoms. The first-order valence-corrected chi connectivity index (χ1v) is 7.91. The zero-order chi connectivity index (χ0) is 17.9. The number of hydrogen-bond acceptors (Lipinski definition) is 7. The van der Waals surface area contributed by atoms with E-state index in [-0.39, 0.29) is 11.8 Å². The Morgan fingerprint density at radius 2 is 1.71 bits per heavy atom. The monoisotopic (exact) mass is 353 g/mol. The largest absolute Gasteiger partial charge is 0.493 e. The minimum Gasteiger partial charge on any atom is -0.493 e. The summed E-state index contributed by atoms with van der Waals surface area (Å²) in [4.78, 5) is 23.1. The zero-order valence-electron chi connectivity index (χ0n) is 14.1. The van der Waals surface area contributed by atoms with E-state index in [1.54, 1.807) is 12.1 Å². The Morgan fingerprint density at radius 1 is 1.12 bits per heavy atom. The summed E-state index contributed by atoms with van der Waals surface area (Å²) < 4.78 is 16.0. The van der Waals surface area contributed by atoms with Crippen molar-refractivity contribution < 1.29 is 23.8 Å². The molecule has 0 radical (unpaired) electrons. The lowest BCUT2D eigenvalue weighted by Gasteiger charge is -2.21. The molecule has 9 heteroatoms. The summed E-state index contributed by atoms with van der Waals surface area (Å²) in [5, 5.41) is 7.97. The van der Waals surface area contributed by atoms with E-state index in [0.717, 1.165) is 5.56 Å². The normalized spacial score (nSPS) is 16.5. The van der Waals surface area contributed by atoms with Crippen LogP contribution in [0.2, 0.25) is 0 Å². The second-order valence-electron chi connectivity index (χ2n) is 4.88. The summed E-state index contributed by atoms with van der Waals surface area (Å²) in [6.45, 7) is 2.79. The molecule has 1 aromatic rings. The van der Waals surface area contributed by atoms with Crippen LogP contribution in [-0.2, 0) is 9.59 Å². The summed E-state index contributed by atoms with van der Waals surface area (Å²) in [7, 11) is 4.56.